The van der Waals surface area contributed by atoms with Gasteiger partial charge in [-0.25, -0.2) is 4.98 Å². The molecule has 0 radical (unpaired) electrons. The van der Waals surface area contributed by atoms with Gasteiger partial charge in [0.05, 0.1) is 6.20 Å². The Bertz CT molecular complexity index is 373. The number of rotatable bonds is 4. The maximum atomic E-state index is 10.5. The van der Waals surface area contributed by atoms with E-state index < -0.39 is 0 Å². The number of carbonyl (C=O) groups is 1. The molecule has 1 aromatic rings. The zero-order valence-corrected chi connectivity index (χ0v) is 10.6. The summed E-state index contributed by atoms with van der Waals surface area (Å²) in [6.07, 6.45) is 5.52. The predicted molar refractivity (Wildman–Crippen MR) is 65.0 cm³/mol. The molecule has 17 heavy (non-hydrogen) atoms. The number of aldehydes is 1. The Labute approximate surface area is 102 Å². The first-order chi connectivity index (χ1) is 8.19. The highest BCUT2D eigenvalue weighted by molar-refractivity contribution is 5.69. The second-order valence-corrected chi connectivity index (χ2v) is 5.08. The number of piperidine rings is 1. The van der Waals surface area contributed by atoms with Gasteiger partial charge < -0.3 is 9.32 Å². The number of oxazole rings is 1. The van der Waals surface area contributed by atoms with Gasteiger partial charge >= 0.3 is 0 Å². The summed E-state index contributed by atoms with van der Waals surface area (Å²) in [7, 11) is 0. The van der Waals surface area contributed by atoms with Crippen molar-refractivity contribution in [2.75, 3.05) is 13.1 Å². The lowest BCUT2D eigenvalue weighted by atomic mass is 9.94. The third kappa shape index (κ3) is 3.16. The van der Waals surface area contributed by atoms with Gasteiger partial charge in [-0.1, -0.05) is 0 Å². The van der Waals surface area contributed by atoms with Crippen LogP contribution in [0.25, 0.3) is 0 Å². The summed E-state index contributed by atoms with van der Waals surface area (Å²) in [6.45, 7) is 6.77. The molecule has 0 N–H and O–H groups in total. The Kier molecular flexibility index (Phi) is 3.94. The van der Waals surface area contributed by atoms with Crippen LogP contribution in [0.4, 0.5) is 0 Å². The van der Waals surface area contributed by atoms with Crippen molar-refractivity contribution >= 4 is 6.29 Å². The van der Waals surface area contributed by atoms with Crippen LogP contribution in [0.1, 0.15) is 43.1 Å². The Morgan fingerprint density at radius 1 is 1.65 bits per heavy atom. The van der Waals surface area contributed by atoms with Crippen LogP contribution < -0.4 is 0 Å². The normalized spacial score (nSPS) is 21.9. The zero-order chi connectivity index (χ0) is 12.3. The molecular weight excluding hydrogens is 216 g/mol. The third-order valence-electron chi connectivity index (χ3n) is 3.43. The van der Waals surface area contributed by atoms with E-state index in [1.165, 1.54) is 25.6 Å². The molecule has 0 aromatic carbocycles. The minimum absolute atomic E-state index is 0.330. The molecule has 0 amide bonds. The lowest BCUT2D eigenvalue weighted by Gasteiger charge is -2.35. The van der Waals surface area contributed by atoms with Crippen molar-refractivity contribution in [3.63, 3.8) is 0 Å². The molecule has 94 valence electrons. The molecule has 0 spiro atoms. The molecule has 1 aliphatic rings. The summed E-state index contributed by atoms with van der Waals surface area (Å²) in [5.74, 6) is 1.63. The Morgan fingerprint density at radius 3 is 3.12 bits per heavy atom. The van der Waals surface area contributed by atoms with Gasteiger partial charge in [0.15, 0.2) is 17.9 Å². The number of likely N-dealkylation sites (tertiary alicyclic amines) is 1. The molecule has 0 bridgehead atoms. The van der Waals surface area contributed by atoms with Crippen LogP contribution in [0.2, 0.25) is 0 Å². The van der Waals surface area contributed by atoms with Crippen LogP contribution in [0.3, 0.4) is 0 Å². The molecule has 1 fully saturated rings. The SMILES string of the molecule is CC(C)N1CCCC(Cc2ncc(C=O)o2)C1. The smallest absolute Gasteiger partial charge is 0.195 e. The summed E-state index contributed by atoms with van der Waals surface area (Å²) >= 11 is 0. The van der Waals surface area contributed by atoms with Crippen LogP contribution in [0.15, 0.2) is 10.6 Å². The van der Waals surface area contributed by atoms with E-state index in [0.29, 0.717) is 29.9 Å². The lowest BCUT2D eigenvalue weighted by Crippen LogP contribution is -2.40. The Morgan fingerprint density at radius 2 is 2.47 bits per heavy atom. The van der Waals surface area contributed by atoms with Crippen molar-refractivity contribution in [3.05, 3.63) is 17.8 Å². The van der Waals surface area contributed by atoms with Crippen molar-refractivity contribution in [1.29, 1.82) is 0 Å². The quantitative estimate of drug-likeness (QED) is 0.751. The minimum Gasteiger partial charge on any atom is -0.438 e. The first-order valence-electron chi connectivity index (χ1n) is 6.33. The van der Waals surface area contributed by atoms with E-state index in [4.69, 9.17) is 4.42 Å². The van der Waals surface area contributed by atoms with E-state index >= 15 is 0 Å². The van der Waals surface area contributed by atoms with E-state index in [1.807, 2.05) is 0 Å². The van der Waals surface area contributed by atoms with Crippen LogP contribution in [-0.4, -0.2) is 35.3 Å². The van der Waals surface area contributed by atoms with E-state index in [0.717, 1.165) is 13.0 Å². The highest BCUT2D eigenvalue weighted by Gasteiger charge is 2.23. The Balaban J connectivity index is 1.92. The fourth-order valence-corrected chi connectivity index (χ4v) is 2.45. The summed E-state index contributed by atoms with van der Waals surface area (Å²) in [5.41, 5.74) is 0. The molecule has 2 rings (SSSR count). The summed E-state index contributed by atoms with van der Waals surface area (Å²) < 4.78 is 5.33. The van der Waals surface area contributed by atoms with E-state index in [2.05, 4.69) is 23.7 Å². The predicted octanol–water partition coefficient (Wildman–Crippen LogP) is 2.15. The molecular formula is C13H20N2O2. The molecule has 4 nitrogen and oxygen atoms in total. The molecule has 1 unspecified atom stereocenters. The number of hydrogen-bond acceptors (Lipinski definition) is 4. The minimum atomic E-state index is 0.330. The number of aromatic nitrogens is 1. The molecule has 1 aromatic heterocycles. The molecule has 1 aliphatic heterocycles. The second-order valence-electron chi connectivity index (χ2n) is 5.08. The largest absolute Gasteiger partial charge is 0.438 e. The third-order valence-corrected chi connectivity index (χ3v) is 3.43. The fraction of sp³-hybridized carbons (Fsp3) is 0.692. The number of hydrogen-bond donors (Lipinski definition) is 0. The average Bonchev–Trinajstić information content (AvgIpc) is 2.77. The van der Waals surface area contributed by atoms with Crippen molar-refractivity contribution in [3.8, 4) is 0 Å². The van der Waals surface area contributed by atoms with Crippen molar-refractivity contribution < 1.29 is 9.21 Å². The van der Waals surface area contributed by atoms with Gasteiger partial charge in [0, 0.05) is 19.0 Å². The van der Waals surface area contributed by atoms with Crippen LogP contribution >= 0.6 is 0 Å². The maximum absolute atomic E-state index is 10.5. The van der Waals surface area contributed by atoms with E-state index in [-0.39, 0.29) is 0 Å². The highest BCUT2D eigenvalue weighted by Crippen LogP contribution is 2.21. The lowest BCUT2D eigenvalue weighted by molar-refractivity contribution is 0.109. The van der Waals surface area contributed by atoms with Gasteiger partial charge in [0.2, 0.25) is 0 Å². The van der Waals surface area contributed by atoms with Gasteiger partial charge in [0.25, 0.3) is 0 Å². The highest BCUT2D eigenvalue weighted by atomic mass is 16.4. The van der Waals surface area contributed by atoms with E-state index in [9.17, 15) is 4.79 Å². The monoisotopic (exact) mass is 236 g/mol. The van der Waals surface area contributed by atoms with Gasteiger partial charge in [-0.3, -0.25) is 4.79 Å². The molecule has 2 heterocycles. The molecule has 1 atom stereocenters. The van der Waals surface area contributed by atoms with Crippen LogP contribution in [0.5, 0.6) is 0 Å². The molecule has 1 saturated heterocycles. The zero-order valence-electron chi connectivity index (χ0n) is 10.6. The van der Waals surface area contributed by atoms with Gasteiger partial charge in [-0.15, -0.1) is 0 Å². The van der Waals surface area contributed by atoms with Crippen molar-refractivity contribution in [1.82, 2.24) is 9.88 Å². The fourth-order valence-electron chi connectivity index (χ4n) is 2.45. The molecule has 0 aliphatic carbocycles. The number of carbonyl (C=O) groups excluding carboxylic acids is 1. The molecule has 0 saturated carbocycles. The first-order valence-corrected chi connectivity index (χ1v) is 6.33. The van der Waals surface area contributed by atoms with Crippen molar-refractivity contribution in [2.45, 2.75) is 39.2 Å². The standard InChI is InChI=1S/C13H20N2O2/c1-10(2)15-5-3-4-11(8-15)6-13-14-7-12(9-16)17-13/h7,9-11H,3-6,8H2,1-2H3. The average molecular weight is 236 g/mol. The van der Waals surface area contributed by atoms with Gasteiger partial charge in [-0.05, 0) is 39.2 Å². The van der Waals surface area contributed by atoms with Gasteiger partial charge in [0.1, 0.15) is 0 Å². The van der Waals surface area contributed by atoms with Gasteiger partial charge in [-0.2, -0.15) is 0 Å². The summed E-state index contributed by atoms with van der Waals surface area (Å²) in [5, 5.41) is 0. The van der Waals surface area contributed by atoms with Crippen LogP contribution in [0, 0.1) is 5.92 Å². The topological polar surface area (TPSA) is 46.3 Å². The Hall–Kier alpha value is -1.16. The number of nitrogens with zero attached hydrogens (tertiary/aromatic N) is 2. The van der Waals surface area contributed by atoms with Crippen LogP contribution in [-0.2, 0) is 6.42 Å². The first kappa shape index (κ1) is 12.3. The summed E-state index contributed by atoms with van der Waals surface area (Å²) in [6, 6.07) is 0.605. The van der Waals surface area contributed by atoms with Crippen molar-refractivity contribution in [2.24, 2.45) is 5.92 Å². The molecule has 4 heteroatoms. The maximum Gasteiger partial charge on any atom is 0.195 e. The second kappa shape index (κ2) is 5.45. The van der Waals surface area contributed by atoms with E-state index in [1.54, 1.807) is 0 Å². The summed E-state index contributed by atoms with van der Waals surface area (Å²) in [4.78, 5) is 17.1.